The zero-order chi connectivity index (χ0) is 15.4. The summed E-state index contributed by atoms with van der Waals surface area (Å²) in [7, 11) is 0. The number of phenolic OH excluding ortho intramolecular Hbond substituents is 2. The predicted octanol–water partition coefficient (Wildman–Crippen LogP) is 3.17. The SMILES string of the molecule is O=C(N/N=C/c1ccc(O)c(O)c1)c1ccc(Cl)c(Cl)c1. The predicted molar refractivity (Wildman–Crippen MR) is 81.3 cm³/mol. The van der Waals surface area contributed by atoms with Crippen molar-refractivity contribution in [3.05, 3.63) is 57.6 Å². The third-order valence-electron chi connectivity index (χ3n) is 2.56. The van der Waals surface area contributed by atoms with Gasteiger partial charge in [-0.25, -0.2) is 5.43 Å². The van der Waals surface area contributed by atoms with Gasteiger partial charge in [0.2, 0.25) is 0 Å². The Balaban J connectivity index is 2.04. The van der Waals surface area contributed by atoms with Crippen LogP contribution < -0.4 is 5.43 Å². The fourth-order valence-electron chi connectivity index (χ4n) is 1.49. The van der Waals surface area contributed by atoms with E-state index < -0.39 is 5.91 Å². The number of aromatic hydroxyl groups is 2. The molecule has 0 saturated heterocycles. The number of carbonyl (C=O) groups excluding carboxylic acids is 1. The standard InChI is InChI=1S/C14H10Cl2N2O3/c15-10-3-2-9(6-11(10)16)14(21)18-17-7-8-1-4-12(19)13(20)5-8/h1-7,19-20H,(H,18,21)/b17-7+. The molecule has 0 bridgehead atoms. The highest BCUT2D eigenvalue weighted by atomic mass is 35.5. The molecule has 0 spiro atoms. The highest BCUT2D eigenvalue weighted by molar-refractivity contribution is 6.42. The molecule has 0 unspecified atom stereocenters. The Labute approximate surface area is 130 Å². The molecule has 0 heterocycles. The zero-order valence-electron chi connectivity index (χ0n) is 10.5. The number of nitrogens with zero attached hydrogens (tertiary/aromatic N) is 1. The molecule has 3 N–H and O–H groups in total. The number of halogens is 2. The summed E-state index contributed by atoms with van der Waals surface area (Å²) in [6, 6.07) is 8.62. The number of rotatable bonds is 3. The Bertz CT molecular complexity index is 717. The maximum atomic E-state index is 11.8. The quantitative estimate of drug-likeness (QED) is 0.460. The van der Waals surface area contributed by atoms with E-state index in [0.29, 0.717) is 16.1 Å². The molecule has 2 aromatic rings. The van der Waals surface area contributed by atoms with Crippen LogP contribution >= 0.6 is 23.2 Å². The minimum atomic E-state index is -0.451. The number of nitrogens with one attached hydrogen (secondary N) is 1. The Morgan fingerprint density at radius 1 is 1.05 bits per heavy atom. The second-order valence-electron chi connectivity index (χ2n) is 4.08. The zero-order valence-corrected chi connectivity index (χ0v) is 12.1. The molecule has 108 valence electrons. The van der Waals surface area contributed by atoms with Gasteiger partial charge in [0.15, 0.2) is 11.5 Å². The van der Waals surface area contributed by atoms with Gasteiger partial charge in [-0.3, -0.25) is 4.79 Å². The van der Waals surface area contributed by atoms with E-state index >= 15 is 0 Å². The smallest absolute Gasteiger partial charge is 0.271 e. The van der Waals surface area contributed by atoms with Gasteiger partial charge in [0, 0.05) is 5.56 Å². The molecule has 1 amide bonds. The van der Waals surface area contributed by atoms with E-state index in [1.54, 1.807) is 0 Å². The van der Waals surface area contributed by atoms with Gasteiger partial charge in [-0.05, 0) is 42.0 Å². The molecule has 0 aliphatic carbocycles. The highest BCUT2D eigenvalue weighted by Gasteiger charge is 2.06. The molecule has 0 aliphatic rings. The van der Waals surface area contributed by atoms with Crippen LogP contribution in [0.2, 0.25) is 10.0 Å². The number of carbonyl (C=O) groups is 1. The van der Waals surface area contributed by atoms with Crippen molar-refractivity contribution in [2.45, 2.75) is 0 Å². The molecule has 0 aliphatic heterocycles. The lowest BCUT2D eigenvalue weighted by Gasteiger charge is -2.02. The summed E-state index contributed by atoms with van der Waals surface area (Å²) in [5.74, 6) is -0.949. The summed E-state index contributed by atoms with van der Waals surface area (Å²) < 4.78 is 0. The highest BCUT2D eigenvalue weighted by Crippen LogP contribution is 2.24. The topological polar surface area (TPSA) is 81.9 Å². The number of phenols is 2. The van der Waals surface area contributed by atoms with Crippen LogP contribution in [0.5, 0.6) is 11.5 Å². The summed E-state index contributed by atoms with van der Waals surface area (Å²) in [5.41, 5.74) is 3.14. The van der Waals surface area contributed by atoms with E-state index in [2.05, 4.69) is 10.5 Å². The van der Waals surface area contributed by atoms with E-state index in [9.17, 15) is 9.90 Å². The van der Waals surface area contributed by atoms with Crippen molar-refractivity contribution < 1.29 is 15.0 Å². The van der Waals surface area contributed by atoms with Crippen molar-refractivity contribution in [2.24, 2.45) is 5.10 Å². The molecular weight excluding hydrogens is 315 g/mol. The van der Waals surface area contributed by atoms with E-state index in [-0.39, 0.29) is 16.5 Å². The summed E-state index contributed by atoms with van der Waals surface area (Å²) >= 11 is 11.6. The summed E-state index contributed by atoms with van der Waals surface area (Å²) in [6.07, 6.45) is 1.33. The van der Waals surface area contributed by atoms with Crippen molar-refractivity contribution in [1.82, 2.24) is 5.43 Å². The minimum Gasteiger partial charge on any atom is -0.504 e. The number of benzene rings is 2. The van der Waals surface area contributed by atoms with Crippen LogP contribution in [0.25, 0.3) is 0 Å². The second kappa shape index (κ2) is 6.47. The van der Waals surface area contributed by atoms with Gasteiger partial charge < -0.3 is 10.2 Å². The number of amides is 1. The third kappa shape index (κ3) is 3.87. The molecule has 0 aromatic heterocycles. The fraction of sp³-hybridized carbons (Fsp3) is 0. The summed E-state index contributed by atoms with van der Waals surface area (Å²) in [6.45, 7) is 0. The lowest BCUT2D eigenvalue weighted by molar-refractivity contribution is 0.0955. The average Bonchev–Trinajstić information content (AvgIpc) is 2.45. The Hall–Kier alpha value is -2.24. The molecule has 5 nitrogen and oxygen atoms in total. The fourth-order valence-corrected chi connectivity index (χ4v) is 1.79. The first-order valence-corrected chi connectivity index (χ1v) is 6.53. The van der Waals surface area contributed by atoms with Crippen molar-refractivity contribution in [3.8, 4) is 11.5 Å². The molecule has 7 heteroatoms. The summed E-state index contributed by atoms with van der Waals surface area (Å²) in [4.78, 5) is 11.8. The van der Waals surface area contributed by atoms with Crippen LogP contribution in [0.4, 0.5) is 0 Å². The van der Waals surface area contributed by atoms with Crippen molar-refractivity contribution in [2.75, 3.05) is 0 Å². The lowest BCUT2D eigenvalue weighted by Crippen LogP contribution is -2.17. The van der Waals surface area contributed by atoms with Gasteiger partial charge >= 0.3 is 0 Å². The van der Waals surface area contributed by atoms with E-state index in [0.717, 1.165) is 0 Å². The Kier molecular flexibility index (Phi) is 4.67. The first kappa shape index (κ1) is 15.2. The first-order chi connectivity index (χ1) is 9.97. The van der Waals surface area contributed by atoms with Crippen LogP contribution in [-0.2, 0) is 0 Å². The molecule has 2 aromatic carbocycles. The molecule has 21 heavy (non-hydrogen) atoms. The second-order valence-corrected chi connectivity index (χ2v) is 4.89. The van der Waals surface area contributed by atoms with Gasteiger partial charge in [-0.2, -0.15) is 5.10 Å². The number of hydrogen-bond acceptors (Lipinski definition) is 4. The number of hydrazone groups is 1. The summed E-state index contributed by atoms with van der Waals surface area (Å²) in [5, 5.41) is 22.9. The van der Waals surface area contributed by atoms with Gasteiger partial charge in [0.05, 0.1) is 16.3 Å². The molecule has 0 radical (unpaired) electrons. The average molecular weight is 325 g/mol. The van der Waals surface area contributed by atoms with E-state index in [4.69, 9.17) is 28.3 Å². The van der Waals surface area contributed by atoms with Crippen molar-refractivity contribution in [3.63, 3.8) is 0 Å². The van der Waals surface area contributed by atoms with Crippen LogP contribution in [0.3, 0.4) is 0 Å². The normalized spacial score (nSPS) is 10.8. The monoisotopic (exact) mass is 324 g/mol. The first-order valence-electron chi connectivity index (χ1n) is 5.78. The van der Waals surface area contributed by atoms with Gasteiger partial charge in [0.1, 0.15) is 0 Å². The van der Waals surface area contributed by atoms with Crippen LogP contribution in [0, 0.1) is 0 Å². The van der Waals surface area contributed by atoms with E-state index in [1.165, 1.54) is 42.6 Å². The molecule has 0 atom stereocenters. The maximum Gasteiger partial charge on any atom is 0.271 e. The Morgan fingerprint density at radius 2 is 1.81 bits per heavy atom. The Morgan fingerprint density at radius 3 is 2.48 bits per heavy atom. The van der Waals surface area contributed by atoms with Gasteiger partial charge in [-0.15, -0.1) is 0 Å². The van der Waals surface area contributed by atoms with Crippen molar-refractivity contribution >= 4 is 35.3 Å². The third-order valence-corrected chi connectivity index (χ3v) is 3.30. The van der Waals surface area contributed by atoms with E-state index in [1.807, 2.05) is 0 Å². The maximum absolute atomic E-state index is 11.8. The van der Waals surface area contributed by atoms with Crippen LogP contribution in [0.1, 0.15) is 15.9 Å². The van der Waals surface area contributed by atoms with Crippen LogP contribution in [0.15, 0.2) is 41.5 Å². The molecule has 0 fully saturated rings. The molecule has 2 rings (SSSR count). The largest absolute Gasteiger partial charge is 0.504 e. The molecular formula is C14H10Cl2N2O3. The minimum absolute atomic E-state index is 0.230. The molecule has 0 saturated carbocycles. The van der Waals surface area contributed by atoms with Crippen molar-refractivity contribution in [1.29, 1.82) is 0 Å². The van der Waals surface area contributed by atoms with Gasteiger partial charge in [-0.1, -0.05) is 23.2 Å². The lowest BCUT2D eigenvalue weighted by atomic mass is 10.2. The van der Waals surface area contributed by atoms with Crippen LogP contribution in [-0.4, -0.2) is 22.3 Å². The van der Waals surface area contributed by atoms with Gasteiger partial charge in [0.25, 0.3) is 5.91 Å². The number of hydrogen-bond donors (Lipinski definition) is 3.